The SMILES string of the molecule is CCN1CC(C(=O)N2CCC3(CC2)CC3NC(=O)c2cccc(C(N)=O)c2)CCC1=O. The van der Waals surface area contributed by atoms with Crippen LogP contribution in [0.15, 0.2) is 24.3 Å². The average molecular weight is 427 g/mol. The number of carbonyl (C=O) groups excluding carboxylic acids is 4. The molecule has 1 aromatic carbocycles. The first kappa shape index (κ1) is 21.3. The fraction of sp³-hybridized carbons (Fsp3) is 0.565. The van der Waals surface area contributed by atoms with Gasteiger partial charge in [-0.3, -0.25) is 19.2 Å². The Morgan fingerprint density at radius 2 is 1.90 bits per heavy atom. The highest BCUT2D eigenvalue weighted by atomic mass is 16.2. The standard InChI is InChI=1S/C23H30N4O4/c1-2-26-14-17(6-7-19(26)28)22(31)27-10-8-23(9-11-27)13-18(23)25-21(30)16-5-3-4-15(12-16)20(24)29/h3-5,12,17-18H,2,6-11,13-14H2,1H3,(H2,24,29)(H,25,30). The zero-order chi connectivity index (χ0) is 22.2. The molecule has 2 aliphatic heterocycles. The highest BCUT2D eigenvalue weighted by molar-refractivity contribution is 5.99. The van der Waals surface area contributed by atoms with E-state index in [9.17, 15) is 19.2 Å². The van der Waals surface area contributed by atoms with E-state index in [1.165, 1.54) is 6.07 Å². The molecule has 1 aliphatic carbocycles. The van der Waals surface area contributed by atoms with E-state index in [1.54, 1.807) is 23.1 Å². The van der Waals surface area contributed by atoms with Gasteiger partial charge in [-0.1, -0.05) is 6.07 Å². The molecule has 3 aliphatic rings. The maximum atomic E-state index is 13.0. The van der Waals surface area contributed by atoms with Crippen molar-refractivity contribution in [2.75, 3.05) is 26.2 Å². The number of hydrogen-bond acceptors (Lipinski definition) is 4. The van der Waals surface area contributed by atoms with Crippen LogP contribution in [0, 0.1) is 11.3 Å². The molecule has 2 atom stereocenters. The minimum atomic E-state index is -0.557. The molecule has 3 fully saturated rings. The second kappa shape index (κ2) is 8.32. The minimum Gasteiger partial charge on any atom is -0.366 e. The number of amides is 4. The summed E-state index contributed by atoms with van der Waals surface area (Å²) in [6, 6.07) is 6.53. The summed E-state index contributed by atoms with van der Waals surface area (Å²) in [5.74, 6) is -0.555. The minimum absolute atomic E-state index is 0.0612. The Hall–Kier alpha value is -2.90. The Balaban J connectivity index is 1.29. The number of primary amides is 1. The molecular formula is C23H30N4O4. The van der Waals surface area contributed by atoms with E-state index >= 15 is 0 Å². The first-order chi connectivity index (χ1) is 14.8. The van der Waals surface area contributed by atoms with E-state index < -0.39 is 5.91 Å². The molecule has 8 heteroatoms. The molecule has 8 nitrogen and oxygen atoms in total. The van der Waals surface area contributed by atoms with Gasteiger partial charge >= 0.3 is 0 Å². The Morgan fingerprint density at radius 1 is 1.19 bits per heavy atom. The van der Waals surface area contributed by atoms with Crippen molar-refractivity contribution < 1.29 is 19.2 Å². The Bertz CT molecular complexity index is 907. The van der Waals surface area contributed by atoms with Crippen LogP contribution in [0.3, 0.4) is 0 Å². The van der Waals surface area contributed by atoms with Gasteiger partial charge in [-0.2, -0.15) is 0 Å². The van der Waals surface area contributed by atoms with Gasteiger partial charge in [-0.25, -0.2) is 0 Å². The molecule has 31 heavy (non-hydrogen) atoms. The van der Waals surface area contributed by atoms with Gasteiger partial charge < -0.3 is 20.9 Å². The van der Waals surface area contributed by atoms with E-state index in [0.717, 1.165) is 19.3 Å². The van der Waals surface area contributed by atoms with Crippen LogP contribution >= 0.6 is 0 Å². The van der Waals surface area contributed by atoms with E-state index in [1.807, 2.05) is 11.8 Å². The molecule has 1 spiro atoms. The normalized spacial score (nSPS) is 24.7. The molecule has 2 saturated heterocycles. The molecular weight excluding hydrogens is 396 g/mol. The van der Waals surface area contributed by atoms with Gasteiger partial charge in [0.05, 0.1) is 5.92 Å². The summed E-state index contributed by atoms with van der Waals surface area (Å²) in [6.45, 7) is 4.51. The van der Waals surface area contributed by atoms with Crippen LogP contribution in [0.2, 0.25) is 0 Å². The van der Waals surface area contributed by atoms with Crippen molar-refractivity contribution in [1.29, 1.82) is 0 Å². The lowest BCUT2D eigenvalue weighted by Gasteiger charge is -2.38. The Kier molecular flexibility index (Phi) is 5.73. The smallest absolute Gasteiger partial charge is 0.251 e. The maximum absolute atomic E-state index is 13.0. The fourth-order valence-electron chi connectivity index (χ4n) is 5.01. The summed E-state index contributed by atoms with van der Waals surface area (Å²) in [5.41, 5.74) is 6.11. The largest absolute Gasteiger partial charge is 0.366 e. The van der Waals surface area contributed by atoms with E-state index in [4.69, 9.17) is 5.73 Å². The molecule has 0 radical (unpaired) electrons. The van der Waals surface area contributed by atoms with Gasteiger partial charge in [0, 0.05) is 49.8 Å². The zero-order valence-corrected chi connectivity index (χ0v) is 17.9. The van der Waals surface area contributed by atoms with Crippen LogP contribution in [0.5, 0.6) is 0 Å². The lowest BCUT2D eigenvalue weighted by molar-refractivity contribution is -0.144. The first-order valence-electron chi connectivity index (χ1n) is 11.1. The van der Waals surface area contributed by atoms with Crippen LogP contribution in [-0.2, 0) is 9.59 Å². The number of hydrogen-bond donors (Lipinski definition) is 2. The summed E-state index contributed by atoms with van der Waals surface area (Å²) in [4.78, 5) is 52.5. The first-order valence-corrected chi connectivity index (χ1v) is 11.1. The van der Waals surface area contributed by atoms with Gasteiger partial charge in [0.2, 0.25) is 17.7 Å². The molecule has 166 valence electrons. The summed E-state index contributed by atoms with van der Waals surface area (Å²) in [6.07, 6.45) is 3.74. The monoisotopic (exact) mass is 426 g/mol. The number of piperidine rings is 2. The lowest BCUT2D eigenvalue weighted by Crippen LogP contribution is -2.49. The summed E-state index contributed by atoms with van der Waals surface area (Å²) in [5, 5.41) is 3.08. The molecule has 4 rings (SSSR count). The third kappa shape index (κ3) is 4.29. The van der Waals surface area contributed by atoms with Gasteiger partial charge in [0.25, 0.3) is 5.91 Å². The van der Waals surface area contributed by atoms with Crippen molar-refractivity contribution in [1.82, 2.24) is 15.1 Å². The van der Waals surface area contributed by atoms with Gasteiger partial charge in [0.15, 0.2) is 0 Å². The van der Waals surface area contributed by atoms with Crippen LogP contribution in [0.1, 0.15) is 59.7 Å². The molecule has 3 N–H and O–H groups in total. The third-order valence-electron chi connectivity index (χ3n) is 7.21. The van der Waals surface area contributed by atoms with Gasteiger partial charge in [-0.15, -0.1) is 0 Å². The van der Waals surface area contributed by atoms with Crippen LogP contribution < -0.4 is 11.1 Å². The second-order valence-electron chi connectivity index (χ2n) is 9.03. The highest BCUT2D eigenvalue weighted by Crippen LogP contribution is 2.54. The van der Waals surface area contributed by atoms with Crippen molar-refractivity contribution in [2.45, 2.75) is 45.1 Å². The Labute approximate surface area is 182 Å². The topological polar surface area (TPSA) is 113 Å². The number of carbonyl (C=O) groups is 4. The number of rotatable bonds is 5. The zero-order valence-electron chi connectivity index (χ0n) is 17.9. The number of likely N-dealkylation sites (tertiary alicyclic amines) is 2. The van der Waals surface area contributed by atoms with Crippen molar-refractivity contribution in [3.05, 3.63) is 35.4 Å². The number of benzene rings is 1. The molecule has 0 bridgehead atoms. The summed E-state index contributed by atoms with van der Waals surface area (Å²) >= 11 is 0. The van der Waals surface area contributed by atoms with Crippen molar-refractivity contribution >= 4 is 23.6 Å². The summed E-state index contributed by atoms with van der Waals surface area (Å²) in [7, 11) is 0. The van der Waals surface area contributed by atoms with Crippen LogP contribution in [0.4, 0.5) is 0 Å². The van der Waals surface area contributed by atoms with E-state index in [0.29, 0.717) is 50.1 Å². The number of nitrogens with zero attached hydrogens (tertiary/aromatic N) is 2. The van der Waals surface area contributed by atoms with Gasteiger partial charge in [-0.05, 0) is 56.2 Å². The van der Waals surface area contributed by atoms with E-state index in [-0.39, 0.29) is 35.1 Å². The van der Waals surface area contributed by atoms with Crippen molar-refractivity contribution in [3.63, 3.8) is 0 Å². The number of nitrogens with one attached hydrogen (secondary N) is 1. The number of nitrogens with two attached hydrogens (primary N) is 1. The lowest BCUT2D eigenvalue weighted by atomic mass is 9.90. The molecule has 1 saturated carbocycles. The van der Waals surface area contributed by atoms with E-state index in [2.05, 4.69) is 5.32 Å². The van der Waals surface area contributed by atoms with Crippen molar-refractivity contribution in [2.24, 2.45) is 17.1 Å². The fourth-order valence-corrected chi connectivity index (χ4v) is 5.01. The predicted octanol–water partition coefficient (Wildman–Crippen LogP) is 1.15. The molecule has 0 aromatic heterocycles. The third-order valence-corrected chi connectivity index (χ3v) is 7.21. The molecule has 2 heterocycles. The predicted molar refractivity (Wildman–Crippen MR) is 114 cm³/mol. The molecule has 1 aromatic rings. The average Bonchev–Trinajstić information content (AvgIpc) is 3.44. The molecule has 4 amide bonds. The van der Waals surface area contributed by atoms with Gasteiger partial charge in [0.1, 0.15) is 0 Å². The molecule has 2 unspecified atom stereocenters. The second-order valence-corrected chi connectivity index (χ2v) is 9.03. The van der Waals surface area contributed by atoms with Crippen molar-refractivity contribution in [3.8, 4) is 0 Å². The van der Waals surface area contributed by atoms with Crippen LogP contribution in [0.25, 0.3) is 0 Å². The quantitative estimate of drug-likeness (QED) is 0.735. The maximum Gasteiger partial charge on any atom is 0.251 e. The summed E-state index contributed by atoms with van der Waals surface area (Å²) < 4.78 is 0. The van der Waals surface area contributed by atoms with Crippen LogP contribution in [-0.4, -0.2) is 65.6 Å². The highest BCUT2D eigenvalue weighted by Gasteiger charge is 2.56. The Morgan fingerprint density at radius 3 is 2.58 bits per heavy atom.